The number of benzene rings is 2. The van der Waals surface area contributed by atoms with E-state index < -0.39 is 24.2 Å². The van der Waals surface area contributed by atoms with E-state index in [1.807, 2.05) is 22.6 Å². The fourth-order valence-electron chi connectivity index (χ4n) is 6.03. The number of hydrogen-bond acceptors (Lipinski definition) is 7. The first-order valence-electron chi connectivity index (χ1n) is 15.0. The zero-order valence-corrected chi connectivity index (χ0v) is 27.0. The van der Waals surface area contributed by atoms with Crippen molar-refractivity contribution in [1.29, 1.82) is 0 Å². The maximum Gasteiger partial charge on any atom is 0.247 e. The number of methoxy groups -OCH3 is 1. The minimum absolute atomic E-state index is 0.0391. The number of aliphatic hydroxyl groups excluding tert-OH is 2. The van der Waals surface area contributed by atoms with Gasteiger partial charge in [0.05, 0.1) is 23.3 Å². The van der Waals surface area contributed by atoms with Gasteiger partial charge in [-0.15, -0.1) is 0 Å². The number of aliphatic hydroxyl groups is 2. The summed E-state index contributed by atoms with van der Waals surface area (Å²) in [6.07, 6.45) is 5.94. The molecule has 0 saturated heterocycles. The SMILES string of the molecule is COc1cc(C=O)cc(I)c1OC1C=C(C(=O)NCCO)CC(N(CCc2cccc(F)c2)C(=O)CCC2CCCC2)C1O. The Morgan fingerprint density at radius 2 is 1.98 bits per heavy atom. The lowest BCUT2D eigenvalue weighted by molar-refractivity contribution is -0.138. The van der Waals surface area contributed by atoms with Crippen molar-refractivity contribution in [2.75, 3.05) is 26.8 Å². The summed E-state index contributed by atoms with van der Waals surface area (Å²) >= 11 is 2.01. The molecule has 1 fully saturated rings. The van der Waals surface area contributed by atoms with Gasteiger partial charge in [0.1, 0.15) is 24.3 Å². The predicted octanol–water partition coefficient (Wildman–Crippen LogP) is 4.21. The average Bonchev–Trinajstić information content (AvgIpc) is 3.55. The molecule has 3 unspecified atom stereocenters. The molecule has 44 heavy (non-hydrogen) atoms. The molecule has 2 aromatic carbocycles. The molecule has 9 nitrogen and oxygen atoms in total. The highest BCUT2D eigenvalue weighted by molar-refractivity contribution is 14.1. The summed E-state index contributed by atoms with van der Waals surface area (Å²) in [6.45, 7) is 0.00210. The first-order valence-corrected chi connectivity index (χ1v) is 16.1. The number of rotatable bonds is 14. The highest BCUT2D eigenvalue weighted by atomic mass is 127. The van der Waals surface area contributed by atoms with Gasteiger partial charge < -0.3 is 29.9 Å². The average molecular weight is 723 g/mol. The van der Waals surface area contributed by atoms with Crippen LogP contribution in [-0.4, -0.2) is 78.3 Å². The summed E-state index contributed by atoms with van der Waals surface area (Å²) in [5.74, 6) is 0.0986. The van der Waals surface area contributed by atoms with Gasteiger partial charge in [0.2, 0.25) is 11.8 Å². The molecule has 0 spiro atoms. The third-order valence-electron chi connectivity index (χ3n) is 8.35. The molecule has 0 radical (unpaired) electrons. The lowest BCUT2D eigenvalue weighted by Crippen LogP contribution is -2.55. The topological polar surface area (TPSA) is 125 Å². The van der Waals surface area contributed by atoms with Gasteiger partial charge in [-0.25, -0.2) is 4.39 Å². The van der Waals surface area contributed by atoms with E-state index in [0.717, 1.165) is 32.1 Å². The fourth-order valence-corrected chi connectivity index (χ4v) is 6.78. The van der Waals surface area contributed by atoms with E-state index in [1.165, 1.54) is 31.4 Å². The summed E-state index contributed by atoms with van der Waals surface area (Å²) in [5, 5.41) is 23.7. The molecule has 0 aliphatic heterocycles. The predicted molar refractivity (Wildman–Crippen MR) is 171 cm³/mol. The fraction of sp³-hybridized carbons (Fsp3) is 0.485. The van der Waals surface area contributed by atoms with Crippen molar-refractivity contribution in [2.45, 2.75) is 69.6 Å². The van der Waals surface area contributed by atoms with Gasteiger partial charge in [-0.3, -0.25) is 14.4 Å². The van der Waals surface area contributed by atoms with Gasteiger partial charge in [0.25, 0.3) is 0 Å². The van der Waals surface area contributed by atoms with E-state index in [4.69, 9.17) is 9.47 Å². The monoisotopic (exact) mass is 722 g/mol. The summed E-state index contributed by atoms with van der Waals surface area (Å²) in [5.41, 5.74) is 1.40. The maximum atomic E-state index is 14.0. The van der Waals surface area contributed by atoms with Crippen molar-refractivity contribution < 1.29 is 38.5 Å². The molecule has 1 saturated carbocycles. The molecule has 4 rings (SSSR count). The van der Waals surface area contributed by atoms with Crippen molar-refractivity contribution in [3.63, 3.8) is 0 Å². The number of ether oxygens (including phenoxy) is 2. The smallest absolute Gasteiger partial charge is 0.247 e. The van der Waals surface area contributed by atoms with Crippen LogP contribution >= 0.6 is 22.6 Å². The Labute approximate surface area is 270 Å². The van der Waals surface area contributed by atoms with Crippen LogP contribution < -0.4 is 14.8 Å². The minimum atomic E-state index is -1.22. The van der Waals surface area contributed by atoms with Crippen LogP contribution in [0.25, 0.3) is 0 Å². The van der Waals surface area contributed by atoms with Gasteiger partial charge in [0, 0.05) is 37.1 Å². The van der Waals surface area contributed by atoms with Gasteiger partial charge in [-0.05, 0) is 77.3 Å². The first kappa shape index (κ1) is 33.9. The summed E-state index contributed by atoms with van der Waals surface area (Å²) < 4.78 is 26.3. The molecule has 0 bridgehead atoms. The second-order valence-corrected chi connectivity index (χ2v) is 12.5. The van der Waals surface area contributed by atoms with Crippen molar-refractivity contribution in [2.24, 2.45) is 5.92 Å². The quantitative estimate of drug-likeness (QED) is 0.197. The van der Waals surface area contributed by atoms with Crippen molar-refractivity contribution in [3.05, 3.63) is 68.6 Å². The van der Waals surface area contributed by atoms with Crippen LogP contribution in [0.5, 0.6) is 11.5 Å². The number of carbonyl (C=O) groups excluding carboxylic acids is 3. The molecule has 2 aliphatic carbocycles. The maximum absolute atomic E-state index is 14.0. The van der Waals surface area contributed by atoms with Crippen LogP contribution in [0.2, 0.25) is 0 Å². The molecule has 0 heterocycles. The standard InChI is InChI=1S/C33H40FIN2O7/c1-43-29-17-23(20-39)16-26(35)32(29)44-28-19-24(33(42)36-12-14-38)18-27(31(28)41)37(13-11-22-7-4-8-25(34)15-22)30(40)10-9-21-5-2-3-6-21/h4,7-8,15-17,19-21,27-28,31,38,41H,2-3,5-6,9-14,18H2,1H3,(H,36,42). The lowest BCUT2D eigenvalue weighted by Gasteiger charge is -2.41. The number of nitrogens with one attached hydrogen (secondary N) is 1. The Kier molecular flexibility index (Phi) is 12.6. The lowest BCUT2D eigenvalue weighted by atomic mass is 9.87. The van der Waals surface area contributed by atoms with E-state index >= 15 is 0 Å². The third-order valence-corrected chi connectivity index (χ3v) is 9.15. The second kappa shape index (κ2) is 16.3. The van der Waals surface area contributed by atoms with E-state index in [9.17, 15) is 29.0 Å². The highest BCUT2D eigenvalue weighted by Gasteiger charge is 2.41. The van der Waals surface area contributed by atoms with Crippen LogP contribution in [0.15, 0.2) is 48.0 Å². The largest absolute Gasteiger partial charge is 0.493 e. The van der Waals surface area contributed by atoms with E-state index in [0.29, 0.717) is 45.3 Å². The van der Waals surface area contributed by atoms with Crippen LogP contribution in [-0.2, 0) is 16.0 Å². The zero-order chi connectivity index (χ0) is 31.6. The number of hydrogen-bond donors (Lipinski definition) is 3. The molecule has 3 N–H and O–H groups in total. The van der Waals surface area contributed by atoms with Crippen LogP contribution in [0.1, 0.15) is 60.9 Å². The number of halogens is 2. The first-order chi connectivity index (χ1) is 21.2. The highest BCUT2D eigenvalue weighted by Crippen LogP contribution is 2.37. The van der Waals surface area contributed by atoms with E-state index in [-0.39, 0.29) is 49.3 Å². The van der Waals surface area contributed by atoms with Gasteiger partial charge in [0.15, 0.2) is 11.5 Å². The van der Waals surface area contributed by atoms with Gasteiger partial charge >= 0.3 is 0 Å². The van der Waals surface area contributed by atoms with E-state index in [1.54, 1.807) is 23.1 Å². The van der Waals surface area contributed by atoms with Crippen LogP contribution in [0.3, 0.4) is 0 Å². The molecule has 3 atom stereocenters. The van der Waals surface area contributed by atoms with Crippen LogP contribution in [0, 0.1) is 15.3 Å². The molecule has 2 aromatic rings. The Balaban J connectivity index is 1.66. The normalized spacial score (nSPS) is 20.1. The van der Waals surface area contributed by atoms with Gasteiger partial charge in [-0.1, -0.05) is 37.8 Å². The van der Waals surface area contributed by atoms with Gasteiger partial charge in [-0.2, -0.15) is 0 Å². The molecular weight excluding hydrogens is 682 g/mol. The molecular formula is C33H40FIN2O7. The Morgan fingerprint density at radius 1 is 1.20 bits per heavy atom. The van der Waals surface area contributed by atoms with Crippen molar-refractivity contribution in [1.82, 2.24) is 10.2 Å². The van der Waals surface area contributed by atoms with Crippen molar-refractivity contribution in [3.8, 4) is 11.5 Å². The van der Waals surface area contributed by atoms with Crippen LogP contribution in [0.4, 0.5) is 4.39 Å². The number of nitrogens with zero attached hydrogens (tertiary/aromatic N) is 1. The zero-order valence-electron chi connectivity index (χ0n) is 24.8. The van der Waals surface area contributed by atoms with Crippen molar-refractivity contribution >= 4 is 40.7 Å². The summed E-state index contributed by atoms with van der Waals surface area (Å²) in [6, 6.07) is 8.52. The molecule has 2 aliphatic rings. The summed E-state index contributed by atoms with van der Waals surface area (Å²) in [4.78, 5) is 40.0. The Hall–Kier alpha value is -3.03. The molecule has 238 valence electrons. The Morgan fingerprint density at radius 3 is 2.66 bits per heavy atom. The number of amides is 2. The molecule has 11 heteroatoms. The number of carbonyl (C=O) groups is 3. The molecule has 0 aromatic heterocycles. The number of aldehydes is 1. The van der Waals surface area contributed by atoms with E-state index in [2.05, 4.69) is 5.32 Å². The molecule has 2 amide bonds. The Bertz CT molecular complexity index is 1350. The third kappa shape index (κ3) is 8.79. The summed E-state index contributed by atoms with van der Waals surface area (Å²) in [7, 11) is 1.44. The minimum Gasteiger partial charge on any atom is -0.493 e. The second-order valence-electron chi connectivity index (χ2n) is 11.3.